The topological polar surface area (TPSA) is 38.9 Å². The molecule has 0 aliphatic carbocycles. The third-order valence-corrected chi connectivity index (χ3v) is 1.94. The standard InChI is InChI=1S/C9H10N2O.H3P/c1-6(2)7-4-3-5-8-9(7)11-12-10-8;/h3-6H,1-2H3;1H3. The third kappa shape index (κ3) is 1.70. The monoisotopic (exact) mass is 196 g/mol. The molecule has 13 heavy (non-hydrogen) atoms. The van der Waals surface area contributed by atoms with Crippen LogP contribution in [0.1, 0.15) is 25.3 Å². The third-order valence-electron chi connectivity index (χ3n) is 1.94. The number of aromatic nitrogens is 2. The molecule has 0 amide bonds. The molecule has 1 unspecified atom stereocenters. The van der Waals surface area contributed by atoms with E-state index in [1.165, 1.54) is 5.56 Å². The highest BCUT2D eigenvalue weighted by Crippen LogP contribution is 2.21. The van der Waals surface area contributed by atoms with Gasteiger partial charge >= 0.3 is 0 Å². The van der Waals surface area contributed by atoms with Gasteiger partial charge in [0, 0.05) is 0 Å². The number of benzene rings is 1. The predicted molar refractivity (Wildman–Crippen MR) is 57.0 cm³/mol. The fourth-order valence-electron chi connectivity index (χ4n) is 1.29. The molecule has 1 atom stereocenters. The molecule has 4 heteroatoms. The Kier molecular flexibility index (Phi) is 2.99. The maximum absolute atomic E-state index is 4.66. The van der Waals surface area contributed by atoms with Gasteiger partial charge in [0.15, 0.2) is 0 Å². The highest BCUT2D eigenvalue weighted by molar-refractivity contribution is 6.92. The van der Waals surface area contributed by atoms with E-state index in [2.05, 4.69) is 34.9 Å². The van der Waals surface area contributed by atoms with Crippen molar-refractivity contribution in [3.8, 4) is 0 Å². The number of hydrogen-bond donors (Lipinski definition) is 0. The van der Waals surface area contributed by atoms with Crippen LogP contribution in [-0.4, -0.2) is 10.3 Å². The molecule has 0 saturated heterocycles. The van der Waals surface area contributed by atoms with E-state index < -0.39 is 0 Å². The average molecular weight is 196 g/mol. The Labute approximate surface area is 80.1 Å². The molecule has 2 rings (SSSR count). The largest absolute Gasteiger partial charge is 0.243 e. The second-order valence-electron chi connectivity index (χ2n) is 3.13. The lowest BCUT2D eigenvalue weighted by Crippen LogP contribution is -1.88. The van der Waals surface area contributed by atoms with Crippen molar-refractivity contribution in [2.45, 2.75) is 19.8 Å². The summed E-state index contributed by atoms with van der Waals surface area (Å²) in [4.78, 5) is 0. The summed E-state index contributed by atoms with van der Waals surface area (Å²) < 4.78 is 4.66. The van der Waals surface area contributed by atoms with Crippen molar-refractivity contribution in [1.82, 2.24) is 10.3 Å². The first-order chi connectivity index (χ1) is 5.79. The maximum atomic E-state index is 4.66. The highest BCUT2D eigenvalue weighted by Gasteiger charge is 2.08. The number of rotatable bonds is 1. The van der Waals surface area contributed by atoms with Crippen molar-refractivity contribution in [3.63, 3.8) is 0 Å². The Hall–Kier alpha value is -0.950. The second-order valence-corrected chi connectivity index (χ2v) is 3.13. The van der Waals surface area contributed by atoms with Crippen LogP contribution in [-0.2, 0) is 0 Å². The molecule has 1 aromatic heterocycles. The molecule has 2 aromatic rings. The molecule has 0 fully saturated rings. The van der Waals surface area contributed by atoms with E-state index >= 15 is 0 Å². The van der Waals surface area contributed by atoms with Crippen LogP contribution >= 0.6 is 9.90 Å². The van der Waals surface area contributed by atoms with Crippen LogP contribution in [0.15, 0.2) is 22.8 Å². The van der Waals surface area contributed by atoms with Crippen LogP contribution < -0.4 is 0 Å². The first-order valence-electron chi connectivity index (χ1n) is 4.00. The molecule has 0 bridgehead atoms. The van der Waals surface area contributed by atoms with Gasteiger partial charge in [0.05, 0.1) is 0 Å². The number of hydrogen-bond acceptors (Lipinski definition) is 3. The summed E-state index contributed by atoms with van der Waals surface area (Å²) in [5.41, 5.74) is 2.91. The Morgan fingerprint density at radius 2 is 2.00 bits per heavy atom. The summed E-state index contributed by atoms with van der Waals surface area (Å²) >= 11 is 0. The summed E-state index contributed by atoms with van der Waals surface area (Å²) in [6, 6.07) is 5.93. The SMILES string of the molecule is CC(C)c1cccc2nonc12.P. The molecule has 0 radical (unpaired) electrons. The highest BCUT2D eigenvalue weighted by atomic mass is 31.0. The Bertz CT molecular complexity index is 397. The summed E-state index contributed by atoms with van der Waals surface area (Å²) in [5, 5.41) is 7.63. The fourth-order valence-corrected chi connectivity index (χ4v) is 1.29. The van der Waals surface area contributed by atoms with Crippen LogP contribution in [0, 0.1) is 0 Å². The summed E-state index contributed by atoms with van der Waals surface area (Å²) in [7, 11) is 0. The lowest BCUT2D eigenvalue weighted by molar-refractivity contribution is 0.315. The maximum Gasteiger partial charge on any atom is 0.138 e. The minimum atomic E-state index is 0. The molecule has 0 N–H and O–H groups in total. The van der Waals surface area contributed by atoms with Gasteiger partial charge in [-0.05, 0) is 27.9 Å². The minimum Gasteiger partial charge on any atom is -0.243 e. The van der Waals surface area contributed by atoms with Crippen molar-refractivity contribution in [3.05, 3.63) is 23.8 Å². The van der Waals surface area contributed by atoms with E-state index in [1.807, 2.05) is 12.1 Å². The van der Waals surface area contributed by atoms with E-state index in [9.17, 15) is 0 Å². The lowest BCUT2D eigenvalue weighted by Gasteiger charge is -2.02. The molecule has 0 saturated carbocycles. The van der Waals surface area contributed by atoms with Crippen LogP contribution in [0.25, 0.3) is 11.0 Å². The van der Waals surface area contributed by atoms with Gasteiger partial charge in [-0.25, -0.2) is 4.63 Å². The summed E-state index contributed by atoms with van der Waals surface area (Å²) in [6.07, 6.45) is 0. The zero-order valence-corrected chi connectivity index (χ0v) is 9.23. The first-order valence-corrected chi connectivity index (χ1v) is 4.00. The predicted octanol–water partition coefficient (Wildman–Crippen LogP) is 2.40. The van der Waals surface area contributed by atoms with Crippen LogP contribution in [0.4, 0.5) is 0 Å². The number of nitrogens with zero attached hydrogens (tertiary/aromatic N) is 2. The van der Waals surface area contributed by atoms with Gasteiger partial charge < -0.3 is 0 Å². The first kappa shape index (κ1) is 10.1. The van der Waals surface area contributed by atoms with Crippen molar-refractivity contribution >= 4 is 20.9 Å². The zero-order chi connectivity index (χ0) is 8.55. The van der Waals surface area contributed by atoms with E-state index in [-0.39, 0.29) is 9.90 Å². The van der Waals surface area contributed by atoms with Gasteiger partial charge in [-0.2, -0.15) is 9.90 Å². The van der Waals surface area contributed by atoms with Gasteiger partial charge in [-0.15, -0.1) is 0 Å². The van der Waals surface area contributed by atoms with Crippen molar-refractivity contribution in [1.29, 1.82) is 0 Å². The van der Waals surface area contributed by atoms with Crippen LogP contribution in [0.2, 0.25) is 0 Å². The Morgan fingerprint density at radius 1 is 1.23 bits per heavy atom. The van der Waals surface area contributed by atoms with Crippen molar-refractivity contribution in [2.75, 3.05) is 0 Å². The molecule has 1 heterocycles. The lowest BCUT2D eigenvalue weighted by atomic mass is 10.0. The molecule has 0 aliphatic heterocycles. The molecule has 0 spiro atoms. The Balaban J connectivity index is 0.000000845. The number of fused-ring (bicyclic) bond motifs is 1. The molecule has 70 valence electrons. The van der Waals surface area contributed by atoms with Crippen LogP contribution in [0.5, 0.6) is 0 Å². The molecule has 0 aliphatic rings. The molecular formula is C9H13N2OP. The van der Waals surface area contributed by atoms with Gasteiger partial charge in [-0.3, -0.25) is 0 Å². The van der Waals surface area contributed by atoms with E-state index in [4.69, 9.17) is 0 Å². The van der Waals surface area contributed by atoms with E-state index in [0.29, 0.717) is 5.92 Å². The quantitative estimate of drug-likeness (QED) is 0.657. The Morgan fingerprint density at radius 3 is 2.69 bits per heavy atom. The van der Waals surface area contributed by atoms with Gasteiger partial charge in [0.1, 0.15) is 11.0 Å². The summed E-state index contributed by atoms with van der Waals surface area (Å²) in [5.74, 6) is 0.459. The van der Waals surface area contributed by atoms with E-state index in [1.54, 1.807) is 0 Å². The molecule has 3 nitrogen and oxygen atoms in total. The van der Waals surface area contributed by atoms with Crippen molar-refractivity contribution < 1.29 is 4.63 Å². The molecular weight excluding hydrogens is 183 g/mol. The smallest absolute Gasteiger partial charge is 0.138 e. The minimum absolute atomic E-state index is 0. The normalized spacial score (nSPS) is 10.4. The zero-order valence-electron chi connectivity index (χ0n) is 7.82. The summed E-state index contributed by atoms with van der Waals surface area (Å²) in [6.45, 7) is 4.26. The van der Waals surface area contributed by atoms with Crippen molar-refractivity contribution in [2.24, 2.45) is 0 Å². The van der Waals surface area contributed by atoms with Gasteiger partial charge in [0.25, 0.3) is 0 Å². The molecule has 1 aromatic carbocycles. The second kappa shape index (κ2) is 3.84. The average Bonchev–Trinajstić information content (AvgIpc) is 2.49. The van der Waals surface area contributed by atoms with Gasteiger partial charge in [-0.1, -0.05) is 26.0 Å². The van der Waals surface area contributed by atoms with E-state index in [0.717, 1.165) is 11.0 Å². The van der Waals surface area contributed by atoms with Crippen LogP contribution in [0.3, 0.4) is 0 Å². The van der Waals surface area contributed by atoms with Gasteiger partial charge in [0.2, 0.25) is 0 Å². The fraction of sp³-hybridized carbons (Fsp3) is 0.333.